The summed E-state index contributed by atoms with van der Waals surface area (Å²) in [7, 11) is 0. The predicted octanol–water partition coefficient (Wildman–Crippen LogP) is 2.22. The van der Waals surface area contributed by atoms with Gasteiger partial charge in [-0.2, -0.15) is 0 Å². The van der Waals surface area contributed by atoms with Gasteiger partial charge in [0.15, 0.2) is 6.10 Å². The van der Waals surface area contributed by atoms with E-state index in [2.05, 4.69) is 10.6 Å². The lowest BCUT2D eigenvalue weighted by molar-refractivity contribution is -0.146. The lowest BCUT2D eigenvalue weighted by Crippen LogP contribution is -2.57. The molecule has 188 valence electrons. The maximum absolute atomic E-state index is 13.4. The van der Waals surface area contributed by atoms with Crippen LogP contribution in [0.25, 0.3) is 0 Å². The topological polar surface area (TPSA) is 119 Å². The SMILES string of the molecule is CC(C)(C)NC(=O)[C@@H]1C[C@H](Cl)CN1C(=O)[C@@H](O)[C@H](Cc1ccccc1)NC(=O)c1ccc(O)cc1. The van der Waals surface area contributed by atoms with Crippen LogP contribution in [0.4, 0.5) is 0 Å². The van der Waals surface area contributed by atoms with Crippen molar-refractivity contribution in [2.24, 2.45) is 0 Å². The van der Waals surface area contributed by atoms with Gasteiger partial charge in [-0.3, -0.25) is 14.4 Å². The van der Waals surface area contributed by atoms with Crippen LogP contribution >= 0.6 is 11.6 Å². The summed E-state index contributed by atoms with van der Waals surface area (Å²) in [6, 6.07) is 13.0. The van der Waals surface area contributed by atoms with Gasteiger partial charge >= 0.3 is 0 Å². The molecule has 3 amide bonds. The van der Waals surface area contributed by atoms with Crippen molar-refractivity contribution in [3.63, 3.8) is 0 Å². The third kappa shape index (κ3) is 7.19. The van der Waals surface area contributed by atoms with Crippen LogP contribution in [0, 0.1) is 0 Å². The van der Waals surface area contributed by atoms with Crippen LogP contribution in [-0.2, 0) is 16.0 Å². The Morgan fingerprint density at radius 2 is 1.71 bits per heavy atom. The van der Waals surface area contributed by atoms with Crippen molar-refractivity contribution in [2.75, 3.05) is 6.54 Å². The minimum absolute atomic E-state index is 0.0156. The quantitative estimate of drug-likeness (QED) is 0.434. The third-order valence-electron chi connectivity index (χ3n) is 5.71. The number of hydrogen-bond donors (Lipinski definition) is 4. The molecule has 0 bridgehead atoms. The van der Waals surface area contributed by atoms with Gasteiger partial charge in [0.1, 0.15) is 11.8 Å². The lowest BCUT2D eigenvalue weighted by atomic mass is 9.99. The Hall–Kier alpha value is -3.10. The van der Waals surface area contributed by atoms with Gasteiger partial charge in [0.2, 0.25) is 5.91 Å². The van der Waals surface area contributed by atoms with Crippen molar-refractivity contribution >= 4 is 29.3 Å². The summed E-state index contributed by atoms with van der Waals surface area (Å²) in [6.45, 7) is 5.64. The summed E-state index contributed by atoms with van der Waals surface area (Å²) < 4.78 is 0. The van der Waals surface area contributed by atoms with Crippen LogP contribution in [0.15, 0.2) is 54.6 Å². The average Bonchev–Trinajstić information content (AvgIpc) is 3.19. The molecule has 0 saturated carbocycles. The number of aliphatic hydroxyl groups excluding tert-OH is 1. The summed E-state index contributed by atoms with van der Waals surface area (Å²) in [5.41, 5.74) is 0.585. The lowest BCUT2D eigenvalue weighted by Gasteiger charge is -2.32. The van der Waals surface area contributed by atoms with Crippen LogP contribution in [0.2, 0.25) is 0 Å². The second-order valence-corrected chi connectivity index (χ2v) is 10.5. The summed E-state index contributed by atoms with van der Waals surface area (Å²) in [6.07, 6.45) is -1.15. The molecule has 9 heteroatoms. The standard InChI is InChI=1S/C26H32ClN3O5/c1-26(2,3)29-24(34)21-14-18(27)15-30(21)25(35)22(32)20(13-16-7-5-4-6-8-16)28-23(33)17-9-11-19(31)12-10-17/h4-12,18,20-22,31-32H,13-15H2,1-3H3,(H,28,33)(H,29,34)/t18-,20-,21-,22-/m0/s1. The van der Waals surface area contributed by atoms with E-state index in [0.717, 1.165) is 5.56 Å². The van der Waals surface area contributed by atoms with E-state index in [9.17, 15) is 24.6 Å². The maximum Gasteiger partial charge on any atom is 0.254 e. The molecule has 1 saturated heterocycles. The molecule has 0 spiro atoms. The zero-order valence-electron chi connectivity index (χ0n) is 20.1. The fourth-order valence-corrected chi connectivity index (χ4v) is 4.36. The van der Waals surface area contributed by atoms with Crippen molar-refractivity contribution in [2.45, 2.75) is 62.7 Å². The largest absolute Gasteiger partial charge is 0.508 e. The fourth-order valence-electron chi connectivity index (χ4n) is 4.05. The first-order chi connectivity index (χ1) is 16.4. The number of benzene rings is 2. The Morgan fingerprint density at radius 1 is 1.09 bits per heavy atom. The van der Waals surface area contributed by atoms with Gasteiger partial charge in [-0.15, -0.1) is 11.6 Å². The van der Waals surface area contributed by atoms with Gasteiger partial charge in [0.25, 0.3) is 11.8 Å². The molecule has 0 aliphatic carbocycles. The molecular formula is C26H32ClN3O5. The highest BCUT2D eigenvalue weighted by Gasteiger charge is 2.43. The highest BCUT2D eigenvalue weighted by atomic mass is 35.5. The second-order valence-electron chi connectivity index (χ2n) is 9.84. The molecule has 4 N–H and O–H groups in total. The number of carbonyl (C=O) groups is 3. The average molecular weight is 502 g/mol. The fraction of sp³-hybridized carbons (Fsp3) is 0.423. The number of carbonyl (C=O) groups excluding carboxylic acids is 3. The molecular weight excluding hydrogens is 470 g/mol. The Labute approximate surface area is 210 Å². The minimum atomic E-state index is -1.61. The van der Waals surface area contributed by atoms with Crippen LogP contribution in [0.3, 0.4) is 0 Å². The summed E-state index contributed by atoms with van der Waals surface area (Å²) in [5.74, 6) is -1.50. The van der Waals surface area contributed by atoms with Crippen LogP contribution in [0.1, 0.15) is 43.1 Å². The number of nitrogens with zero attached hydrogens (tertiary/aromatic N) is 1. The van der Waals surface area contributed by atoms with Crippen molar-refractivity contribution < 1.29 is 24.6 Å². The van der Waals surface area contributed by atoms with Crippen LogP contribution < -0.4 is 10.6 Å². The van der Waals surface area contributed by atoms with E-state index >= 15 is 0 Å². The van der Waals surface area contributed by atoms with Crippen LogP contribution in [-0.4, -0.2) is 68.5 Å². The zero-order chi connectivity index (χ0) is 25.8. The number of likely N-dealkylation sites (tertiary alicyclic amines) is 1. The Kier molecular flexibility index (Phi) is 8.40. The van der Waals surface area contributed by atoms with Gasteiger partial charge in [0.05, 0.1) is 11.4 Å². The molecule has 3 rings (SSSR count). The third-order valence-corrected chi connectivity index (χ3v) is 6.03. The molecule has 1 aliphatic heterocycles. The number of amides is 3. The number of halogens is 1. The first-order valence-electron chi connectivity index (χ1n) is 11.5. The van der Waals surface area contributed by atoms with Crippen molar-refractivity contribution in [1.82, 2.24) is 15.5 Å². The molecule has 1 aliphatic rings. The molecule has 2 aromatic carbocycles. The van der Waals surface area contributed by atoms with E-state index in [-0.39, 0.29) is 36.6 Å². The number of hydrogen-bond acceptors (Lipinski definition) is 5. The van der Waals surface area contributed by atoms with E-state index in [0.29, 0.717) is 0 Å². The van der Waals surface area contributed by atoms with Crippen LogP contribution in [0.5, 0.6) is 5.75 Å². The Bertz CT molecular complexity index is 1040. The second kappa shape index (κ2) is 11.1. The molecule has 0 aromatic heterocycles. The maximum atomic E-state index is 13.4. The number of aromatic hydroxyl groups is 1. The van der Waals surface area contributed by atoms with E-state index in [4.69, 9.17) is 11.6 Å². The highest BCUT2D eigenvalue weighted by Crippen LogP contribution is 2.25. The van der Waals surface area contributed by atoms with Gasteiger partial charge in [-0.05, 0) is 63.4 Å². The zero-order valence-corrected chi connectivity index (χ0v) is 20.8. The molecule has 0 unspecified atom stereocenters. The minimum Gasteiger partial charge on any atom is -0.508 e. The Morgan fingerprint density at radius 3 is 2.31 bits per heavy atom. The number of nitrogens with one attached hydrogen (secondary N) is 2. The molecule has 1 fully saturated rings. The first kappa shape index (κ1) is 26.5. The predicted molar refractivity (Wildman–Crippen MR) is 133 cm³/mol. The van der Waals surface area contributed by atoms with Crippen molar-refractivity contribution in [3.05, 3.63) is 65.7 Å². The number of phenolic OH excluding ortho intramolecular Hbond substituents is 1. The number of aliphatic hydroxyl groups is 1. The van der Waals surface area contributed by atoms with Gasteiger partial charge < -0.3 is 25.7 Å². The summed E-state index contributed by atoms with van der Waals surface area (Å²) >= 11 is 6.31. The van der Waals surface area contributed by atoms with E-state index in [1.165, 1.54) is 29.2 Å². The number of rotatable bonds is 7. The smallest absolute Gasteiger partial charge is 0.254 e. The molecule has 2 aromatic rings. The summed E-state index contributed by atoms with van der Waals surface area (Å²) in [5, 5.41) is 25.8. The number of phenols is 1. The highest BCUT2D eigenvalue weighted by molar-refractivity contribution is 6.21. The number of alkyl halides is 1. The Balaban J connectivity index is 1.82. The van der Waals surface area contributed by atoms with Crippen molar-refractivity contribution in [3.8, 4) is 5.75 Å². The van der Waals surface area contributed by atoms with Gasteiger partial charge in [0, 0.05) is 17.6 Å². The molecule has 4 atom stereocenters. The molecule has 0 radical (unpaired) electrons. The molecule has 35 heavy (non-hydrogen) atoms. The van der Waals surface area contributed by atoms with E-state index in [1.807, 2.05) is 51.1 Å². The van der Waals surface area contributed by atoms with E-state index in [1.54, 1.807) is 0 Å². The normalized spacial score (nSPS) is 19.6. The van der Waals surface area contributed by atoms with Crippen molar-refractivity contribution in [1.29, 1.82) is 0 Å². The summed E-state index contributed by atoms with van der Waals surface area (Å²) in [4.78, 5) is 40.5. The van der Waals surface area contributed by atoms with E-state index < -0.39 is 40.9 Å². The first-order valence-corrected chi connectivity index (χ1v) is 12.0. The van der Waals surface area contributed by atoms with Gasteiger partial charge in [-0.25, -0.2) is 0 Å². The molecule has 1 heterocycles. The van der Waals surface area contributed by atoms with Gasteiger partial charge in [-0.1, -0.05) is 30.3 Å². The monoisotopic (exact) mass is 501 g/mol. The molecule has 8 nitrogen and oxygen atoms in total.